The van der Waals surface area contributed by atoms with Crippen LogP contribution in [-0.4, -0.2) is 23.7 Å². The van der Waals surface area contributed by atoms with Crippen molar-refractivity contribution in [2.45, 2.75) is 32.8 Å². The highest BCUT2D eigenvalue weighted by molar-refractivity contribution is 6.37. The van der Waals surface area contributed by atoms with Crippen molar-refractivity contribution in [3.63, 3.8) is 0 Å². The Morgan fingerprint density at radius 3 is 2.69 bits per heavy atom. The second kappa shape index (κ2) is 4.02. The molecule has 0 aromatic heterocycles. The number of hydrogen-bond acceptors (Lipinski definition) is 4. The predicted octanol–water partition coefficient (Wildman–Crippen LogP) is 0.204. The summed E-state index contributed by atoms with van der Waals surface area (Å²) in [7, 11) is 0. The van der Waals surface area contributed by atoms with Gasteiger partial charge in [-0.05, 0) is 13.8 Å². The Morgan fingerprint density at radius 1 is 1.54 bits per heavy atom. The molecule has 1 amide bonds. The molecule has 1 heterocycles. The van der Waals surface area contributed by atoms with Gasteiger partial charge in [-0.2, -0.15) is 5.10 Å². The van der Waals surface area contributed by atoms with Gasteiger partial charge in [0.15, 0.2) is 0 Å². The quantitative estimate of drug-likeness (QED) is 0.623. The van der Waals surface area contributed by atoms with Crippen LogP contribution in [-0.2, 0) is 14.3 Å². The number of amides is 1. The van der Waals surface area contributed by atoms with Crippen molar-refractivity contribution in [3.05, 3.63) is 0 Å². The van der Waals surface area contributed by atoms with Crippen molar-refractivity contribution in [1.82, 2.24) is 5.43 Å². The summed E-state index contributed by atoms with van der Waals surface area (Å²) in [6.45, 7) is 3.53. The predicted molar refractivity (Wildman–Crippen MR) is 46.0 cm³/mol. The van der Waals surface area contributed by atoms with Crippen LogP contribution in [0.4, 0.5) is 0 Å². The number of hydrogen-bond donors (Lipinski definition) is 1. The molecule has 0 bridgehead atoms. The summed E-state index contributed by atoms with van der Waals surface area (Å²) in [6.07, 6.45) is 0.497. The van der Waals surface area contributed by atoms with Crippen LogP contribution in [0, 0.1) is 0 Å². The molecule has 13 heavy (non-hydrogen) atoms. The summed E-state index contributed by atoms with van der Waals surface area (Å²) in [5, 5.41) is 3.61. The van der Waals surface area contributed by atoms with Gasteiger partial charge in [-0.3, -0.25) is 4.79 Å². The standard InChI is InChI=1S/C8H12N2O3/c1-5(2)13-8(12)6-3-4-7(11)10-9-6/h5H,3-4H2,1-2H3,(H,10,11). The topological polar surface area (TPSA) is 67.8 Å². The fraction of sp³-hybridized carbons (Fsp3) is 0.625. The Hall–Kier alpha value is -1.39. The Bertz CT molecular complexity index is 258. The minimum atomic E-state index is -0.449. The summed E-state index contributed by atoms with van der Waals surface area (Å²) in [6, 6.07) is 0. The van der Waals surface area contributed by atoms with E-state index in [0.717, 1.165) is 0 Å². The van der Waals surface area contributed by atoms with Crippen LogP contribution in [0.15, 0.2) is 5.10 Å². The number of carbonyl (C=O) groups excluding carboxylic acids is 2. The third kappa shape index (κ3) is 2.85. The van der Waals surface area contributed by atoms with E-state index in [1.165, 1.54) is 0 Å². The monoisotopic (exact) mass is 184 g/mol. The average Bonchev–Trinajstić information content (AvgIpc) is 2.04. The number of nitrogens with zero attached hydrogens (tertiary/aromatic N) is 1. The first-order chi connectivity index (χ1) is 6.09. The lowest BCUT2D eigenvalue weighted by Crippen LogP contribution is -2.31. The van der Waals surface area contributed by atoms with Crippen molar-refractivity contribution in [1.29, 1.82) is 0 Å². The maximum atomic E-state index is 11.2. The zero-order valence-corrected chi connectivity index (χ0v) is 7.66. The highest BCUT2D eigenvalue weighted by Crippen LogP contribution is 2.02. The molecule has 0 saturated heterocycles. The normalized spacial score (nSPS) is 16.5. The van der Waals surface area contributed by atoms with Crippen molar-refractivity contribution in [3.8, 4) is 0 Å². The third-order valence-corrected chi connectivity index (χ3v) is 1.48. The van der Waals surface area contributed by atoms with Crippen LogP contribution in [0.2, 0.25) is 0 Å². The molecule has 0 radical (unpaired) electrons. The van der Waals surface area contributed by atoms with Crippen LogP contribution >= 0.6 is 0 Å². The molecule has 72 valence electrons. The Morgan fingerprint density at radius 2 is 2.23 bits per heavy atom. The van der Waals surface area contributed by atoms with Gasteiger partial charge in [0, 0.05) is 12.8 Å². The molecular formula is C8H12N2O3. The number of esters is 1. The van der Waals surface area contributed by atoms with Crippen LogP contribution in [0.1, 0.15) is 26.7 Å². The first kappa shape index (κ1) is 9.70. The van der Waals surface area contributed by atoms with Crippen molar-refractivity contribution >= 4 is 17.6 Å². The fourth-order valence-corrected chi connectivity index (χ4v) is 0.903. The van der Waals surface area contributed by atoms with E-state index in [9.17, 15) is 9.59 Å². The SMILES string of the molecule is CC(C)OC(=O)C1=NNC(=O)CC1. The van der Waals surface area contributed by atoms with Crippen LogP contribution in [0.25, 0.3) is 0 Å². The van der Waals surface area contributed by atoms with Crippen molar-refractivity contribution < 1.29 is 14.3 Å². The highest BCUT2D eigenvalue weighted by Gasteiger charge is 2.19. The van der Waals surface area contributed by atoms with E-state index < -0.39 is 5.97 Å². The van der Waals surface area contributed by atoms with Gasteiger partial charge < -0.3 is 4.74 Å². The van der Waals surface area contributed by atoms with Gasteiger partial charge in [-0.15, -0.1) is 0 Å². The Balaban J connectivity index is 2.53. The van der Waals surface area contributed by atoms with Crippen LogP contribution in [0.3, 0.4) is 0 Å². The second-order valence-corrected chi connectivity index (χ2v) is 3.05. The van der Waals surface area contributed by atoms with E-state index in [0.29, 0.717) is 12.8 Å². The van der Waals surface area contributed by atoms with E-state index in [2.05, 4.69) is 10.5 Å². The number of ether oxygens (including phenoxy) is 1. The minimum Gasteiger partial charge on any atom is -0.458 e. The van der Waals surface area contributed by atoms with Gasteiger partial charge in [0.25, 0.3) is 0 Å². The van der Waals surface area contributed by atoms with E-state index in [1.807, 2.05) is 0 Å². The van der Waals surface area contributed by atoms with Crippen molar-refractivity contribution in [2.24, 2.45) is 5.10 Å². The van der Waals surface area contributed by atoms with Gasteiger partial charge in [0.1, 0.15) is 5.71 Å². The molecule has 0 aromatic rings. The lowest BCUT2D eigenvalue weighted by atomic mass is 10.2. The summed E-state index contributed by atoms with van der Waals surface area (Å²) in [5.41, 5.74) is 2.52. The smallest absolute Gasteiger partial charge is 0.354 e. The number of rotatable bonds is 2. The first-order valence-electron chi connectivity index (χ1n) is 4.16. The van der Waals surface area contributed by atoms with E-state index in [4.69, 9.17) is 4.74 Å². The molecule has 1 aliphatic rings. The van der Waals surface area contributed by atoms with Crippen molar-refractivity contribution in [2.75, 3.05) is 0 Å². The van der Waals surface area contributed by atoms with Gasteiger partial charge >= 0.3 is 5.97 Å². The van der Waals surface area contributed by atoms with Crippen LogP contribution < -0.4 is 5.43 Å². The maximum absolute atomic E-state index is 11.2. The molecule has 0 aromatic carbocycles. The second-order valence-electron chi connectivity index (χ2n) is 3.05. The Kier molecular flexibility index (Phi) is 3.00. The zero-order valence-electron chi connectivity index (χ0n) is 7.66. The molecule has 1 N–H and O–H groups in total. The third-order valence-electron chi connectivity index (χ3n) is 1.48. The molecule has 0 atom stereocenters. The molecular weight excluding hydrogens is 172 g/mol. The molecule has 0 unspecified atom stereocenters. The number of carbonyl (C=O) groups is 2. The molecule has 0 fully saturated rings. The molecule has 5 nitrogen and oxygen atoms in total. The van der Waals surface area contributed by atoms with Gasteiger partial charge in [0.2, 0.25) is 5.91 Å². The summed E-state index contributed by atoms with van der Waals surface area (Å²) in [5.74, 6) is -0.615. The largest absolute Gasteiger partial charge is 0.458 e. The summed E-state index contributed by atoms with van der Waals surface area (Å²) in [4.78, 5) is 21.9. The molecule has 0 aliphatic carbocycles. The van der Waals surface area contributed by atoms with Gasteiger partial charge in [-0.1, -0.05) is 0 Å². The number of nitrogens with one attached hydrogen (secondary N) is 1. The molecule has 0 saturated carbocycles. The lowest BCUT2D eigenvalue weighted by Gasteiger charge is -2.12. The van der Waals surface area contributed by atoms with Crippen LogP contribution in [0.5, 0.6) is 0 Å². The van der Waals surface area contributed by atoms with E-state index >= 15 is 0 Å². The van der Waals surface area contributed by atoms with E-state index in [1.54, 1.807) is 13.8 Å². The zero-order chi connectivity index (χ0) is 9.84. The summed E-state index contributed by atoms with van der Waals surface area (Å²) >= 11 is 0. The Labute approximate surface area is 76.1 Å². The highest BCUT2D eigenvalue weighted by atomic mass is 16.5. The van der Waals surface area contributed by atoms with E-state index in [-0.39, 0.29) is 17.7 Å². The first-order valence-corrected chi connectivity index (χ1v) is 4.16. The average molecular weight is 184 g/mol. The minimum absolute atomic E-state index is 0.159. The molecule has 1 rings (SSSR count). The summed E-state index contributed by atoms with van der Waals surface area (Å²) < 4.78 is 4.90. The fourth-order valence-electron chi connectivity index (χ4n) is 0.903. The maximum Gasteiger partial charge on any atom is 0.354 e. The number of hydrazone groups is 1. The van der Waals surface area contributed by atoms with Gasteiger partial charge in [0.05, 0.1) is 6.10 Å². The van der Waals surface area contributed by atoms with Gasteiger partial charge in [-0.25, -0.2) is 10.2 Å². The molecule has 0 spiro atoms. The molecule has 1 aliphatic heterocycles. The lowest BCUT2D eigenvalue weighted by molar-refractivity contribution is -0.139. The molecule has 5 heteroatoms.